The summed E-state index contributed by atoms with van der Waals surface area (Å²) in [7, 11) is 0. The molecule has 0 heterocycles. The lowest BCUT2D eigenvalue weighted by Gasteiger charge is -2.27. The Balaban J connectivity index is 2.40. The highest BCUT2D eigenvalue weighted by Crippen LogP contribution is 2.18. The molecule has 122 valence electrons. The van der Waals surface area contributed by atoms with Crippen LogP contribution in [0.2, 0.25) is 0 Å². The van der Waals surface area contributed by atoms with Crippen LogP contribution in [0.4, 0.5) is 4.79 Å². The summed E-state index contributed by atoms with van der Waals surface area (Å²) in [6.07, 6.45) is 1.37. The molecule has 0 bridgehead atoms. The van der Waals surface area contributed by atoms with Crippen LogP contribution < -0.4 is 5.32 Å². The van der Waals surface area contributed by atoms with Gasteiger partial charge in [0, 0.05) is 12.0 Å². The summed E-state index contributed by atoms with van der Waals surface area (Å²) in [4.78, 5) is 11.7. The summed E-state index contributed by atoms with van der Waals surface area (Å²) in [6, 6.07) is 9.97. The number of hydrogen-bond acceptors (Lipinski definition) is 3. The lowest BCUT2D eigenvalue weighted by molar-refractivity contribution is 0.0426. The molecule has 1 aromatic carbocycles. The van der Waals surface area contributed by atoms with Crippen LogP contribution in [0.25, 0.3) is 0 Å². The predicted molar refractivity (Wildman–Crippen MR) is 88.6 cm³/mol. The minimum Gasteiger partial charge on any atom is -0.444 e. The summed E-state index contributed by atoms with van der Waals surface area (Å²) in [6.45, 7) is 12.8. The summed E-state index contributed by atoms with van der Waals surface area (Å²) in [5.74, 6) is 0. The molecule has 1 atom stereocenters. The van der Waals surface area contributed by atoms with Crippen molar-refractivity contribution in [2.45, 2.75) is 39.9 Å². The Hall–Kier alpha value is -1.81. The highest BCUT2D eigenvalue weighted by Gasteiger charge is 2.23. The van der Waals surface area contributed by atoms with Crippen molar-refractivity contribution in [3.63, 3.8) is 0 Å². The van der Waals surface area contributed by atoms with Crippen LogP contribution in [0.5, 0.6) is 0 Å². The van der Waals surface area contributed by atoms with Crippen LogP contribution in [-0.2, 0) is 16.1 Å². The fraction of sp³-hybridized carbons (Fsp3) is 0.500. The molecule has 0 aliphatic rings. The van der Waals surface area contributed by atoms with Gasteiger partial charge in [-0.1, -0.05) is 43.3 Å². The third-order valence-corrected chi connectivity index (χ3v) is 3.07. The van der Waals surface area contributed by atoms with Crippen LogP contribution in [0.3, 0.4) is 0 Å². The minimum absolute atomic E-state index is 0.342. The Morgan fingerprint density at radius 3 is 2.41 bits per heavy atom. The average Bonchev–Trinajstić information content (AvgIpc) is 2.45. The monoisotopic (exact) mass is 305 g/mol. The van der Waals surface area contributed by atoms with Crippen molar-refractivity contribution >= 4 is 6.09 Å². The number of carbonyl (C=O) groups excluding carboxylic acids is 1. The molecule has 0 aliphatic carbocycles. The van der Waals surface area contributed by atoms with Gasteiger partial charge in [-0.15, -0.1) is 6.58 Å². The molecule has 1 rings (SSSR count). The van der Waals surface area contributed by atoms with E-state index in [1.165, 1.54) is 0 Å². The van der Waals surface area contributed by atoms with Crippen molar-refractivity contribution in [1.82, 2.24) is 5.32 Å². The number of benzene rings is 1. The zero-order valence-corrected chi connectivity index (χ0v) is 14.0. The first-order valence-corrected chi connectivity index (χ1v) is 7.46. The number of nitrogens with one attached hydrogen (secondary N) is 1. The summed E-state index contributed by atoms with van der Waals surface area (Å²) in [5.41, 5.74) is 0.276. The number of amides is 1. The maximum Gasteiger partial charge on any atom is 0.407 e. The van der Waals surface area contributed by atoms with E-state index in [-0.39, 0.29) is 5.41 Å². The average molecular weight is 305 g/mol. The van der Waals surface area contributed by atoms with E-state index < -0.39 is 11.7 Å². The molecule has 0 radical (unpaired) electrons. The molecule has 1 aromatic rings. The van der Waals surface area contributed by atoms with Crippen molar-refractivity contribution in [3.8, 4) is 0 Å². The van der Waals surface area contributed by atoms with E-state index in [2.05, 4.69) is 11.9 Å². The number of ether oxygens (including phenoxy) is 2. The van der Waals surface area contributed by atoms with Gasteiger partial charge in [0.25, 0.3) is 0 Å². The lowest BCUT2D eigenvalue weighted by Crippen LogP contribution is -2.40. The lowest BCUT2D eigenvalue weighted by atomic mass is 9.92. The third kappa shape index (κ3) is 7.27. The molecule has 1 N–H and O–H groups in total. The van der Waals surface area contributed by atoms with E-state index in [9.17, 15) is 4.79 Å². The second-order valence-electron chi connectivity index (χ2n) is 6.69. The van der Waals surface area contributed by atoms with E-state index in [0.29, 0.717) is 19.8 Å². The van der Waals surface area contributed by atoms with Gasteiger partial charge in [0.2, 0.25) is 0 Å². The maximum atomic E-state index is 11.7. The van der Waals surface area contributed by atoms with Crippen molar-refractivity contribution in [2.75, 3.05) is 13.2 Å². The van der Waals surface area contributed by atoms with E-state index in [1.807, 2.05) is 58.0 Å². The van der Waals surface area contributed by atoms with Gasteiger partial charge in [-0.05, 0) is 26.3 Å². The first kappa shape index (κ1) is 18.2. The van der Waals surface area contributed by atoms with Gasteiger partial charge in [0.15, 0.2) is 0 Å². The van der Waals surface area contributed by atoms with Crippen molar-refractivity contribution < 1.29 is 14.3 Å². The molecular formula is C18H27NO3. The topological polar surface area (TPSA) is 47.6 Å². The second-order valence-corrected chi connectivity index (χ2v) is 6.69. The molecule has 0 fully saturated rings. The molecule has 1 amide bonds. The van der Waals surface area contributed by atoms with Crippen LogP contribution >= 0.6 is 0 Å². The normalized spacial score (nSPS) is 14.0. The molecule has 22 heavy (non-hydrogen) atoms. The molecule has 0 saturated carbocycles. The van der Waals surface area contributed by atoms with Gasteiger partial charge in [-0.25, -0.2) is 4.79 Å². The van der Waals surface area contributed by atoms with Crippen LogP contribution in [0.15, 0.2) is 43.0 Å². The maximum absolute atomic E-state index is 11.7. The van der Waals surface area contributed by atoms with Gasteiger partial charge < -0.3 is 14.8 Å². The Kier molecular flexibility index (Phi) is 6.62. The van der Waals surface area contributed by atoms with E-state index in [1.54, 1.807) is 6.08 Å². The Morgan fingerprint density at radius 1 is 1.23 bits per heavy atom. The third-order valence-electron chi connectivity index (χ3n) is 3.07. The number of alkyl carbamates (subject to hydrolysis) is 1. The van der Waals surface area contributed by atoms with Crippen molar-refractivity contribution in [1.29, 1.82) is 0 Å². The van der Waals surface area contributed by atoms with Crippen LogP contribution in [-0.4, -0.2) is 24.8 Å². The van der Waals surface area contributed by atoms with Crippen molar-refractivity contribution in [2.24, 2.45) is 5.41 Å². The zero-order chi connectivity index (χ0) is 16.6. The summed E-state index contributed by atoms with van der Waals surface area (Å²) < 4.78 is 11.0. The van der Waals surface area contributed by atoms with Gasteiger partial charge in [-0.2, -0.15) is 0 Å². The number of rotatable bonds is 7. The Labute approximate surface area is 133 Å². The van der Waals surface area contributed by atoms with Gasteiger partial charge in [-0.3, -0.25) is 0 Å². The molecule has 4 nitrogen and oxygen atoms in total. The van der Waals surface area contributed by atoms with E-state index in [4.69, 9.17) is 9.47 Å². The largest absolute Gasteiger partial charge is 0.444 e. The summed E-state index contributed by atoms with van der Waals surface area (Å²) >= 11 is 0. The standard InChI is InChI=1S/C18H27NO3/c1-6-18(5,13-19-16(20)22-17(2,3)4)14-21-12-15-10-8-7-9-11-15/h6-11H,1,12-14H2,2-5H3,(H,19,20). The zero-order valence-electron chi connectivity index (χ0n) is 14.0. The Morgan fingerprint density at radius 2 is 1.86 bits per heavy atom. The Bertz CT molecular complexity index is 479. The van der Waals surface area contributed by atoms with Gasteiger partial charge in [0.1, 0.15) is 5.60 Å². The van der Waals surface area contributed by atoms with Crippen molar-refractivity contribution in [3.05, 3.63) is 48.6 Å². The van der Waals surface area contributed by atoms with Gasteiger partial charge in [0.05, 0.1) is 13.2 Å². The molecule has 4 heteroatoms. The fourth-order valence-electron chi connectivity index (χ4n) is 1.75. The van der Waals surface area contributed by atoms with Gasteiger partial charge >= 0.3 is 6.09 Å². The molecule has 0 spiro atoms. The molecule has 1 unspecified atom stereocenters. The molecule has 0 aromatic heterocycles. The molecule has 0 saturated heterocycles. The second kappa shape index (κ2) is 7.99. The number of hydrogen-bond donors (Lipinski definition) is 1. The van der Waals surface area contributed by atoms with Crippen LogP contribution in [0.1, 0.15) is 33.3 Å². The van der Waals surface area contributed by atoms with E-state index in [0.717, 1.165) is 5.56 Å². The predicted octanol–water partition coefficient (Wildman–Crippen LogP) is 3.92. The number of carbonyl (C=O) groups is 1. The molecular weight excluding hydrogens is 278 g/mol. The molecule has 0 aliphatic heterocycles. The van der Waals surface area contributed by atoms with E-state index >= 15 is 0 Å². The van der Waals surface area contributed by atoms with Crippen LogP contribution in [0, 0.1) is 5.41 Å². The quantitative estimate of drug-likeness (QED) is 0.777. The highest BCUT2D eigenvalue weighted by molar-refractivity contribution is 5.67. The SMILES string of the molecule is C=CC(C)(CNC(=O)OC(C)(C)C)COCc1ccccc1. The first-order valence-electron chi connectivity index (χ1n) is 7.46. The first-order chi connectivity index (χ1) is 10.2. The summed E-state index contributed by atoms with van der Waals surface area (Å²) in [5, 5.41) is 2.77. The minimum atomic E-state index is -0.502. The smallest absolute Gasteiger partial charge is 0.407 e. The fourth-order valence-corrected chi connectivity index (χ4v) is 1.75. The highest BCUT2D eigenvalue weighted by atomic mass is 16.6.